The molecule has 3 rings (SSSR count). The number of aromatic hydroxyl groups is 1. The number of halogens is 1. The Bertz CT molecular complexity index is 711. The number of β-amino-alcohol motifs (C(OH)–C–C–N with tert-alkyl or cyclic N) is 1. The first-order valence-electron chi connectivity index (χ1n) is 7.46. The van der Waals surface area contributed by atoms with Gasteiger partial charge in [0, 0.05) is 32.1 Å². The Labute approximate surface area is 133 Å². The van der Waals surface area contributed by atoms with Gasteiger partial charge in [0.05, 0.1) is 11.2 Å². The van der Waals surface area contributed by atoms with Gasteiger partial charge in [0.25, 0.3) is 0 Å². The van der Waals surface area contributed by atoms with Crippen LogP contribution in [0.25, 0.3) is 0 Å². The van der Waals surface area contributed by atoms with Gasteiger partial charge in [-0.3, -0.25) is 9.69 Å². The number of Topliss-reactive ketones (excluding diaryl/α,β-unsaturated/α-hetero) is 1. The van der Waals surface area contributed by atoms with Crippen molar-refractivity contribution in [1.82, 2.24) is 4.90 Å². The topological polar surface area (TPSA) is 60.8 Å². The molecule has 0 bridgehead atoms. The van der Waals surface area contributed by atoms with Crippen LogP contribution in [0.3, 0.4) is 0 Å². The summed E-state index contributed by atoms with van der Waals surface area (Å²) in [5.41, 5.74) is 0.102. The van der Waals surface area contributed by atoms with Gasteiger partial charge in [-0.2, -0.15) is 0 Å². The predicted octanol–water partition coefficient (Wildman–Crippen LogP) is 2.35. The zero-order valence-corrected chi connectivity index (χ0v) is 12.6. The molecular weight excluding hydrogens is 297 g/mol. The average Bonchev–Trinajstić information content (AvgIpc) is 2.46. The maximum atomic E-state index is 13.0. The van der Waals surface area contributed by atoms with E-state index in [2.05, 4.69) is 0 Å². The van der Waals surface area contributed by atoms with Gasteiger partial charge in [-0.15, -0.1) is 0 Å². The van der Waals surface area contributed by atoms with Gasteiger partial charge in [-0.05, 0) is 17.7 Å². The van der Waals surface area contributed by atoms with E-state index in [9.17, 15) is 19.4 Å². The van der Waals surface area contributed by atoms with Crippen LogP contribution in [0.1, 0.15) is 22.3 Å². The maximum absolute atomic E-state index is 13.0. The highest BCUT2D eigenvalue weighted by Gasteiger charge is 2.42. The minimum atomic E-state index is -1.09. The Kier molecular flexibility index (Phi) is 4.15. The molecule has 1 aliphatic heterocycles. The van der Waals surface area contributed by atoms with Gasteiger partial charge in [-0.25, -0.2) is 4.39 Å². The maximum Gasteiger partial charge on any atom is 0.169 e. The minimum Gasteiger partial charge on any atom is -0.507 e. The van der Waals surface area contributed by atoms with Gasteiger partial charge < -0.3 is 10.2 Å². The number of rotatable bonds is 5. The molecule has 120 valence electrons. The Morgan fingerprint density at radius 1 is 1.17 bits per heavy atom. The summed E-state index contributed by atoms with van der Waals surface area (Å²) in [7, 11) is 0. The van der Waals surface area contributed by atoms with Crippen molar-refractivity contribution in [2.75, 3.05) is 13.1 Å². The van der Waals surface area contributed by atoms with Gasteiger partial charge in [0.15, 0.2) is 5.78 Å². The van der Waals surface area contributed by atoms with E-state index >= 15 is 0 Å². The van der Waals surface area contributed by atoms with Crippen LogP contribution >= 0.6 is 0 Å². The van der Waals surface area contributed by atoms with E-state index in [1.54, 1.807) is 0 Å². The summed E-state index contributed by atoms with van der Waals surface area (Å²) in [4.78, 5) is 14.2. The number of phenolic OH excluding ortho intramolecular Hbond substituents is 1. The second-order valence-corrected chi connectivity index (χ2v) is 6.12. The first-order chi connectivity index (χ1) is 11.0. The quantitative estimate of drug-likeness (QED) is 0.832. The predicted molar refractivity (Wildman–Crippen MR) is 83.7 cm³/mol. The van der Waals surface area contributed by atoms with E-state index in [-0.39, 0.29) is 23.5 Å². The molecule has 1 aliphatic rings. The van der Waals surface area contributed by atoms with E-state index in [1.807, 2.05) is 35.2 Å². The lowest BCUT2D eigenvalue weighted by atomic mass is 9.86. The Morgan fingerprint density at radius 3 is 2.52 bits per heavy atom. The number of phenols is 1. The highest BCUT2D eigenvalue weighted by Crippen LogP contribution is 2.29. The lowest BCUT2D eigenvalue weighted by molar-refractivity contribution is -0.0993. The third-order valence-electron chi connectivity index (χ3n) is 4.03. The molecule has 0 aliphatic carbocycles. The summed E-state index contributed by atoms with van der Waals surface area (Å²) in [6.45, 7) is 1.52. The van der Waals surface area contributed by atoms with Crippen molar-refractivity contribution in [1.29, 1.82) is 0 Å². The van der Waals surface area contributed by atoms with Gasteiger partial charge in [-0.1, -0.05) is 30.3 Å². The fourth-order valence-electron chi connectivity index (χ4n) is 2.99. The largest absolute Gasteiger partial charge is 0.507 e. The molecule has 0 amide bonds. The van der Waals surface area contributed by atoms with Crippen molar-refractivity contribution >= 4 is 5.78 Å². The number of carbonyl (C=O) groups excluding carboxylic acids is 1. The Balaban J connectivity index is 1.58. The number of benzene rings is 2. The molecule has 2 aromatic rings. The van der Waals surface area contributed by atoms with Crippen LogP contribution in [0.4, 0.5) is 4.39 Å². The van der Waals surface area contributed by atoms with E-state index in [1.165, 1.54) is 6.07 Å². The highest BCUT2D eigenvalue weighted by atomic mass is 19.1. The summed E-state index contributed by atoms with van der Waals surface area (Å²) in [6.07, 6.45) is -0.0858. The molecule has 0 radical (unpaired) electrons. The normalized spacial score (nSPS) is 16.8. The SMILES string of the molecule is O=C(CC1(O)CN(Cc2ccccc2)C1)c1ccc(F)cc1O. The molecule has 4 nitrogen and oxygen atoms in total. The van der Waals surface area contributed by atoms with Crippen LogP contribution < -0.4 is 0 Å². The molecule has 2 aromatic carbocycles. The van der Waals surface area contributed by atoms with Gasteiger partial charge in [0.1, 0.15) is 11.6 Å². The summed E-state index contributed by atoms with van der Waals surface area (Å²) in [6, 6.07) is 13.2. The van der Waals surface area contributed by atoms with Crippen LogP contribution in [-0.4, -0.2) is 39.6 Å². The van der Waals surface area contributed by atoms with Crippen molar-refractivity contribution in [3.63, 3.8) is 0 Å². The molecule has 1 fully saturated rings. The van der Waals surface area contributed by atoms with Crippen LogP contribution in [-0.2, 0) is 6.54 Å². The standard InChI is InChI=1S/C18H18FNO3/c19-14-6-7-15(16(21)8-14)17(22)9-18(23)11-20(12-18)10-13-4-2-1-3-5-13/h1-8,21,23H,9-12H2. The number of carbonyl (C=O) groups is 1. The van der Waals surface area contributed by atoms with Crippen molar-refractivity contribution < 1.29 is 19.4 Å². The van der Waals surface area contributed by atoms with Crippen molar-refractivity contribution in [3.05, 3.63) is 65.5 Å². The number of ketones is 1. The second kappa shape index (κ2) is 6.10. The third-order valence-corrected chi connectivity index (χ3v) is 4.03. The first-order valence-corrected chi connectivity index (χ1v) is 7.46. The molecule has 0 saturated carbocycles. The Hall–Kier alpha value is -2.24. The van der Waals surface area contributed by atoms with Crippen molar-refractivity contribution in [3.8, 4) is 5.75 Å². The Morgan fingerprint density at radius 2 is 1.87 bits per heavy atom. The van der Waals surface area contributed by atoms with Crippen LogP contribution in [0.5, 0.6) is 5.75 Å². The molecule has 5 heteroatoms. The summed E-state index contributed by atoms with van der Waals surface area (Å²) in [5, 5.41) is 20.1. The molecule has 23 heavy (non-hydrogen) atoms. The summed E-state index contributed by atoms with van der Waals surface area (Å²) < 4.78 is 13.0. The number of nitrogens with zero attached hydrogens (tertiary/aromatic N) is 1. The fraction of sp³-hybridized carbons (Fsp3) is 0.278. The highest BCUT2D eigenvalue weighted by molar-refractivity contribution is 5.99. The number of likely N-dealkylation sites (tertiary alicyclic amines) is 1. The smallest absolute Gasteiger partial charge is 0.169 e. The third kappa shape index (κ3) is 3.57. The van der Waals surface area contributed by atoms with E-state index < -0.39 is 11.4 Å². The zero-order valence-electron chi connectivity index (χ0n) is 12.6. The molecular formula is C18H18FNO3. The monoisotopic (exact) mass is 315 g/mol. The average molecular weight is 315 g/mol. The van der Waals surface area contributed by atoms with Crippen molar-refractivity contribution in [2.24, 2.45) is 0 Å². The zero-order chi connectivity index (χ0) is 16.4. The van der Waals surface area contributed by atoms with Gasteiger partial charge in [0.2, 0.25) is 0 Å². The molecule has 1 saturated heterocycles. The molecule has 0 aromatic heterocycles. The molecule has 1 heterocycles. The molecule has 0 spiro atoms. The lowest BCUT2D eigenvalue weighted by Crippen LogP contribution is -2.61. The number of aliphatic hydroxyl groups is 1. The van der Waals surface area contributed by atoms with Crippen LogP contribution in [0.15, 0.2) is 48.5 Å². The van der Waals surface area contributed by atoms with E-state index in [0.29, 0.717) is 13.1 Å². The van der Waals surface area contributed by atoms with Crippen LogP contribution in [0, 0.1) is 5.82 Å². The molecule has 0 atom stereocenters. The molecule has 0 unspecified atom stereocenters. The second-order valence-electron chi connectivity index (χ2n) is 6.12. The summed E-state index contributed by atoms with van der Waals surface area (Å²) >= 11 is 0. The summed E-state index contributed by atoms with van der Waals surface area (Å²) in [5.74, 6) is -1.38. The first kappa shape index (κ1) is 15.6. The molecule has 2 N–H and O–H groups in total. The van der Waals surface area contributed by atoms with E-state index in [0.717, 1.165) is 24.2 Å². The van der Waals surface area contributed by atoms with Gasteiger partial charge >= 0.3 is 0 Å². The minimum absolute atomic E-state index is 0.0429. The van der Waals surface area contributed by atoms with Crippen LogP contribution in [0.2, 0.25) is 0 Å². The lowest BCUT2D eigenvalue weighted by Gasteiger charge is -2.46. The van der Waals surface area contributed by atoms with E-state index in [4.69, 9.17) is 0 Å². The number of hydrogen-bond donors (Lipinski definition) is 2. The van der Waals surface area contributed by atoms with Crippen molar-refractivity contribution in [2.45, 2.75) is 18.6 Å². The fourth-order valence-corrected chi connectivity index (χ4v) is 2.99. The number of hydrogen-bond acceptors (Lipinski definition) is 4.